The number of aryl methyl sites for hydroxylation is 1. The van der Waals surface area contributed by atoms with Crippen LogP contribution in [0.15, 0.2) is 45.8 Å². The van der Waals surface area contributed by atoms with Crippen LogP contribution < -0.4 is 19.5 Å². The molecule has 7 nitrogen and oxygen atoms in total. The van der Waals surface area contributed by atoms with Gasteiger partial charge in [-0.3, -0.25) is 0 Å². The number of benzene rings is 1. The highest BCUT2D eigenvalue weighted by molar-refractivity contribution is 9.10. The van der Waals surface area contributed by atoms with Crippen LogP contribution in [0.25, 0.3) is 5.70 Å². The van der Waals surface area contributed by atoms with E-state index in [1.165, 1.54) is 14.2 Å². The van der Waals surface area contributed by atoms with Gasteiger partial charge in [0.05, 0.1) is 30.1 Å². The number of nitrogens with one attached hydrogen (secondary N) is 1. The highest BCUT2D eigenvalue weighted by Gasteiger charge is 2.19. The predicted molar refractivity (Wildman–Crippen MR) is 129 cm³/mol. The molecule has 0 saturated carbocycles. The molecule has 0 atom stereocenters. The Bertz CT molecular complexity index is 1090. The van der Waals surface area contributed by atoms with E-state index in [9.17, 15) is 0 Å². The fourth-order valence-electron chi connectivity index (χ4n) is 2.99. The second-order valence-electron chi connectivity index (χ2n) is 8.11. The molecule has 0 aliphatic carbocycles. The van der Waals surface area contributed by atoms with E-state index in [1.54, 1.807) is 12.1 Å². The molecule has 0 spiro atoms. The predicted octanol–water partition coefficient (Wildman–Crippen LogP) is 6.58. The molecule has 3 rings (SSSR count). The van der Waals surface area contributed by atoms with Gasteiger partial charge in [0.15, 0.2) is 5.76 Å². The van der Waals surface area contributed by atoms with Gasteiger partial charge in [-0.05, 0) is 51.5 Å². The molecule has 3 aromatic rings. The van der Waals surface area contributed by atoms with E-state index in [-0.39, 0.29) is 11.4 Å². The van der Waals surface area contributed by atoms with Crippen molar-refractivity contribution in [2.24, 2.45) is 0 Å². The van der Waals surface area contributed by atoms with Gasteiger partial charge in [-0.15, -0.1) is 0 Å². The highest BCUT2D eigenvalue weighted by atomic mass is 79.9. The first-order valence-corrected chi connectivity index (χ1v) is 11.0. The number of halogens is 1. The summed E-state index contributed by atoms with van der Waals surface area (Å²) in [7, 11) is 3.05. The van der Waals surface area contributed by atoms with Gasteiger partial charge in [0, 0.05) is 6.07 Å². The lowest BCUT2D eigenvalue weighted by molar-refractivity contribution is 0.341. The molecule has 0 aliphatic heterocycles. The van der Waals surface area contributed by atoms with Crippen molar-refractivity contribution < 1.29 is 18.6 Å². The van der Waals surface area contributed by atoms with Gasteiger partial charge in [-0.1, -0.05) is 40.3 Å². The van der Waals surface area contributed by atoms with E-state index >= 15 is 0 Å². The van der Waals surface area contributed by atoms with Crippen molar-refractivity contribution in [1.82, 2.24) is 9.97 Å². The average molecular weight is 502 g/mol. The SMILES string of the molecule is C=C(Nc1c(CC)nc(OC)nc1OC)c1ccc(Oc2cc(C(C)(C)C)ccc2Br)o1. The zero-order valence-electron chi connectivity index (χ0n) is 19.2. The molecule has 1 aromatic carbocycles. The molecule has 0 unspecified atom stereocenters. The molecular weight excluding hydrogens is 474 g/mol. The summed E-state index contributed by atoms with van der Waals surface area (Å²) >= 11 is 3.54. The van der Waals surface area contributed by atoms with Gasteiger partial charge in [0.1, 0.15) is 11.4 Å². The van der Waals surface area contributed by atoms with Crippen LogP contribution in [0.2, 0.25) is 0 Å². The zero-order valence-corrected chi connectivity index (χ0v) is 20.8. The van der Waals surface area contributed by atoms with Gasteiger partial charge in [-0.2, -0.15) is 9.97 Å². The first-order valence-electron chi connectivity index (χ1n) is 10.2. The number of anilines is 1. The van der Waals surface area contributed by atoms with Crippen LogP contribution in [-0.2, 0) is 11.8 Å². The molecule has 32 heavy (non-hydrogen) atoms. The Balaban J connectivity index is 1.82. The maximum Gasteiger partial charge on any atom is 0.319 e. The summed E-state index contributed by atoms with van der Waals surface area (Å²) in [6.45, 7) is 12.5. The van der Waals surface area contributed by atoms with Crippen molar-refractivity contribution in [3.05, 3.63) is 58.4 Å². The lowest BCUT2D eigenvalue weighted by atomic mass is 9.87. The van der Waals surface area contributed by atoms with Crippen LogP contribution in [0.1, 0.15) is 44.7 Å². The normalized spacial score (nSPS) is 11.2. The van der Waals surface area contributed by atoms with Crippen LogP contribution in [-0.4, -0.2) is 24.2 Å². The summed E-state index contributed by atoms with van der Waals surface area (Å²) in [5.41, 5.74) is 3.03. The Morgan fingerprint density at radius 2 is 1.88 bits per heavy atom. The molecule has 0 amide bonds. The molecule has 0 fully saturated rings. The minimum absolute atomic E-state index is 0.00180. The van der Waals surface area contributed by atoms with Crippen molar-refractivity contribution >= 4 is 27.3 Å². The van der Waals surface area contributed by atoms with E-state index in [0.717, 1.165) is 15.7 Å². The van der Waals surface area contributed by atoms with Gasteiger partial charge in [-0.25, -0.2) is 0 Å². The maximum atomic E-state index is 6.00. The number of furan rings is 1. The smallest absolute Gasteiger partial charge is 0.319 e. The summed E-state index contributed by atoms with van der Waals surface area (Å²) in [4.78, 5) is 8.63. The maximum absolute atomic E-state index is 6.00. The minimum Gasteiger partial charge on any atom is -0.479 e. The summed E-state index contributed by atoms with van der Waals surface area (Å²) < 4.78 is 23.3. The second kappa shape index (κ2) is 9.65. The molecule has 2 heterocycles. The zero-order chi connectivity index (χ0) is 23.5. The lowest BCUT2D eigenvalue weighted by Gasteiger charge is -2.20. The topological polar surface area (TPSA) is 78.6 Å². The Labute approximate surface area is 196 Å². The van der Waals surface area contributed by atoms with Gasteiger partial charge >= 0.3 is 6.01 Å². The molecule has 8 heteroatoms. The van der Waals surface area contributed by atoms with Crippen molar-refractivity contribution in [2.75, 3.05) is 19.5 Å². The number of hydrogen-bond donors (Lipinski definition) is 1. The van der Waals surface area contributed by atoms with Crippen LogP contribution in [0.5, 0.6) is 23.6 Å². The molecule has 2 aromatic heterocycles. The molecule has 0 bridgehead atoms. The fraction of sp³-hybridized carbons (Fsp3) is 0.333. The second-order valence-corrected chi connectivity index (χ2v) is 8.97. The molecule has 0 saturated heterocycles. The van der Waals surface area contributed by atoms with E-state index in [2.05, 4.69) is 64.6 Å². The fourth-order valence-corrected chi connectivity index (χ4v) is 3.32. The van der Waals surface area contributed by atoms with E-state index in [1.807, 2.05) is 19.1 Å². The van der Waals surface area contributed by atoms with Crippen LogP contribution in [0, 0.1) is 0 Å². The Morgan fingerprint density at radius 3 is 2.50 bits per heavy atom. The molecule has 170 valence electrons. The van der Waals surface area contributed by atoms with Crippen molar-refractivity contribution in [3.8, 4) is 23.6 Å². The summed E-state index contributed by atoms with van der Waals surface area (Å²) in [5.74, 6) is 1.91. The lowest BCUT2D eigenvalue weighted by Crippen LogP contribution is -2.10. The van der Waals surface area contributed by atoms with Crippen molar-refractivity contribution in [3.63, 3.8) is 0 Å². The third-order valence-corrected chi connectivity index (χ3v) is 5.46. The Hall–Kier alpha value is -3.00. The van der Waals surface area contributed by atoms with Gasteiger partial charge in [0.2, 0.25) is 5.88 Å². The third-order valence-electron chi connectivity index (χ3n) is 4.80. The number of ether oxygens (including phenoxy) is 3. The summed E-state index contributed by atoms with van der Waals surface area (Å²) in [6, 6.07) is 9.84. The van der Waals surface area contributed by atoms with Gasteiger partial charge in [0.25, 0.3) is 5.95 Å². The highest BCUT2D eigenvalue weighted by Crippen LogP contribution is 2.36. The summed E-state index contributed by atoms with van der Waals surface area (Å²) in [5, 5.41) is 3.21. The van der Waals surface area contributed by atoms with Gasteiger partial charge < -0.3 is 23.9 Å². The molecule has 0 aliphatic rings. The Kier molecular flexibility index (Phi) is 7.13. The molecule has 1 N–H and O–H groups in total. The number of nitrogens with zero attached hydrogens (tertiary/aromatic N) is 2. The quantitative estimate of drug-likeness (QED) is 0.373. The molecular formula is C24H28BrN3O4. The number of rotatable bonds is 8. The van der Waals surface area contributed by atoms with Crippen molar-refractivity contribution in [2.45, 2.75) is 39.5 Å². The van der Waals surface area contributed by atoms with Crippen molar-refractivity contribution in [1.29, 1.82) is 0 Å². The first-order chi connectivity index (χ1) is 15.2. The van der Waals surface area contributed by atoms with Crippen LogP contribution in [0.4, 0.5) is 5.69 Å². The van der Waals surface area contributed by atoms with Crippen LogP contribution in [0.3, 0.4) is 0 Å². The summed E-state index contributed by atoms with van der Waals surface area (Å²) in [6.07, 6.45) is 0.648. The average Bonchev–Trinajstić information content (AvgIpc) is 3.23. The van der Waals surface area contributed by atoms with E-state index in [0.29, 0.717) is 41.1 Å². The van der Waals surface area contributed by atoms with E-state index in [4.69, 9.17) is 18.6 Å². The largest absolute Gasteiger partial charge is 0.479 e. The molecule has 0 radical (unpaired) electrons. The standard InChI is InChI=1S/C24H28BrN3O4/c1-8-17-21(22(29-6)28-23(27-17)30-7)26-14(2)18-11-12-20(31-18)32-19-13-15(24(3,4)5)9-10-16(19)25/h9-13,26H,2,8H2,1,3-7H3. The third kappa shape index (κ3) is 5.24. The number of hydrogen-bond acceptors (Lipinski definition) is 7. The van der Waals surface area contributed by atoms with Crippen LogP contribution >= 0.6 is 15.9 Å². The monoisotopic (exact) mass is 501 g/mol. The minimum atomic E-state index is 0.00180. The first kappa shape index (κ1) is 23.7. The Morgan fingerprint density at radius 1 is 1.12 bits per heavy atom. The van der Waals surface area contributed by atoms with E-state index < -0.39 is 0 Å². The number of methoxy groups -OCH3 is 2. The number of aromatic nitrogens is 2.